The Balaban J connectivity index is 1.57. The molecule has 1 aliphatic rings. The lowest BCUT2D eigenvalue weighted by Gasteiger charge is -2.25. The van der Waals surface area contributed by atoms with Gasteiger partial charge in [-0.15, -0.1) is 0 Å². The summed E-state index contributed by atoms with van der Waals surface area (Å²) in [6.45, 7) is 9.10. The third-order valence-corrected chi connectivity index (χ3v) is 7.30. The third kappa shape index (κ3) is 7.12. The Morgan fingerprint density at radius 2 is 1.92 bits per heavy atom. The van der Waals surface area contributed by atoms with Crippen molar-refractivity contribution in [1.82, 2.24) is 20.5 Å². The number of fused-ring (bicyclic) bond motifs is 2. The number of H-pyrrole nitrogens is 1. The molecule has 0 aliphatic carbocycles. The smallest absolute Gasteiger partial charge is 0.255 e. The van der Waals surface area contributed by atoms with Crippen LogP contribution >= 0.6 is 11.6 Å². The normalized spacial score (nSPS) is 17.6. The second kappa shape index (κ2) is 12.6. The van der Waals surface area contributed by atoms with Crippen molar-refractivity contribution in [2.24, 2.45) is 5.92 Å². The minimum absolute atomic E-state index is 0.0604. The summed E-state index contributed by atoms with van der Waals surface area (Å²) in [6, 6.07) is 10.2. The van der Waals surface area contributed by atoms with E-state index >= 15 is 0 Å². The van der Waals surface area contributed by atoms with Crippen LogP contribution in [0, 0.1) is 19.8 Å². The van der Waals surface area contributed by atoms with Gasteiger partial charge in [-0.1, -0.05) is 25.4 Å². The van der Waals surface area contributed by atoms with E-state index in [0.717, 1.165) is 22.2 Å². The van der Waals surface area contributed by atoms with Gasteiger partial charge in [0.1, 0.15) is 12.4 Å². The molecule has 3 aromatic rings. The van der Waals surface area contributed by atoms with Crippen LogP contribution in [0.3, 0.4) is 0 Å². The zero-order valence-corrected chi connectivity index (χ0v) is 23.8. The molecule has 2 heterocycles. The third-order valence-electron chi connectivity index (χ3n) is 7.06. The molecule has 2 aromatic carbocycles. The molecule has 0 spiro atoms. The lowest BCUT2D eigenvalue weighted by atomic mass is 10.0. The molecule has 0 saturated carbocycles. The molecule has 1 aromatic heterocycles. The molecular weight excluding hydrogens is 516 g/mol. The van der Waals surface area contributed by atoms with Crippen molar-refractivity contribution in [3.05, 3.63) is 63.8 Å². The number of hydrogen-bond acceptors (Lipinski definition) is 4. The molecule has 4 rings (SSSR count). The maximum Gasteiger partial charge on any atom is 0.255 e. The Morgan fingerprint density at radius 3 is 2.69 bits per heavy atom. The highest BCUT2D eigenvalue weighted by atomic mass is 35.5. The number of nitrogens with one attached hydrogen (secondary N) is 3. The zero-order chi connectivity index (χ0) is 28.1. The second-order valence-corrected chi connectivity index (χ2v) is 11.1. The van der Waals surface area contributed by atoms with Crippen molar-refractivity contribution in [2.75, 3.05) is 26.2 Å². The Hall–Kier alpha value is -3.52. The maximum atomic E-state index is 13.6. The number of benzene rings is 2. The van der Waals surface area contributed by atoms with Gasteiger partial charge in [-0.25, -0.2) is 0 Å². The van der Waals surface area contributed by atoms with Crippen molar-refractivity contribution in [2.45, 2.75) is 53.0 Å². The number of rotatable bonds is 3. The molecule has 0 bridgehead atoms. The number of carbonyl (C=O) groups is 3. The highest BCUT2D eigenvalue weighted by molar-refractivity contribution is 6.31. The van der Waals surface area contributed by atoms with E-state index in [2.05, 4.69) is 29.5 Å². The maximum absolute atomic E-state index is 13.6. The van der Waals surface area contributed by atoms with E-state index < -0.39 is 0 Å². The first-order valence-electron chi connectivity index (χ1n) is 13.5. The number of aromatic nitrogens is 1. The van der Waals surface area contributed by atoms with E-state index in [9.17, 15) is 14.4 Å². The number of aryl methyl sites for hydroxylation is 2. The summed E-state index contributed by atoms with van der Waals surface area (Å²) in [5.74, 6) is -0.000861. The molecule has 1 atom stereocenters. The number of nitrogens with zero attached hydrogens (tertiary/aromatic N) is 1. The first kappa shape index (κ1) is 28.5. The Bertz CT molecular complexity index is 1370. The average Bonchev–Trinajstić information content (AvgIpc) is 3.17. The first-order chi connectivity index (χ1) is 18.6. The predicted octanol–water partition coefficient (Wildman–Crippen LogP) is 5.01. The lowest BCUT2D eigenvalue weighted by molar-refractivity contribution is -0.122. The van der Waals surface area contributed by atoms with E-state index in [0.29, 0.717) is 60.2 Å². The molecule has 0 fully saturated rings. The van der Waals surface area contributed by atoms with Crippen molar-refractivity contribution >= 4 is 40.2 Å². The monoisotopic (exact) mass is 552 g/mol. The molecule has 208 valence electrons. The quantitative estimate of drug-likeness (QED) is 0.425. The topological polar surface area (TPSA) is 104 Å². The van der Waals surface area contributed by atoms with Gasteiger partial charge >= 0.3 is 0 Å². The fourth-order valence-electron chi connectivity index (χ4n) is 4.93. The van der Waals surface area contributed by atoms with Crippen LogP contribution in [-0.4, -0.2) is 59.9 Å². The summed E-state index contributed by atoms with van der Waals surface area (Å²) in [7, 11) is 0. The van der Waals surface area contributed by atoms with Crippen LogP contribution in [0.2, 0.25) is 5.02 Å². The summed E-state index contributed by atoms with van der Waals surface area (Å²) in [4.78, 5) is 44.7. The highest BCUT2D eigenvalue weighted by Crippen LogP contribution is 2.25. The fraction of sp³-hybridized carbons (Fsp3) is 0.433. The molecule has 39 heavy (non-hydrogen) atoms. The minimum atomic E-state index is -0.298. The van der Waals surface area contributed by atoms with Crippen LogP contribution in [0.4, 0.5) is 0 Å². The van der Waals surface area contributed by atoms with Gasteiger partial charge in [0.2, 0.25) is 5.91 Å². The molecule has 3 amide bonds. The molecule has 0 unspecified atom stereocenters. The summed E-state index contributed by atoms with van der Waals surface area (Å²) < 4.78 is 6.03. The Kier molecular flexibility index (Phi) is 9.17. The van der Waals surface area contributed by atoms with Gasteiger partial charge in [0.25, 0.3) is 11.8 Å². The minimum Gasteiger partial charge on any atom is -0.491 e. The molecule has 9 heteroatoms. The van der Waals surface area contributed by atoms with Gasteiger partial charge in [-0.3, -0.25) is 14.4 Å². The van der Waals surface area contributed by atoms with Crippen LogP contribution in [0.1, 0.15) is 65.1 Å². The SMILES string of the molecule is Cc1[nH]c2ccc(C(=O)N3CCCCNC(=O)c4cc(Cl)ccc4OC[C@@H](CC(C)C)NC(=O)C3)cc2c1C. The summed E-state index contributed by atoms with van der Waals surface area (Å²) in [5.41, 5.74) is 4.04. The molecule has 8 nitrogen and oxygen atoms in total. The van der Waals surface area contributed by atoms with Gasteiger partial charge in [0.15, 0.2) is 0 Å². The number of aromatic amines is 1. The van der Waals surface area contributed by atoms with Crippen molar-refractivity contribution in [3.8, 4) is 5.75 Å². The van der Waals surface area contributed by atoms with Crippen LogP contribution in [-0.2, 0) is 4.79 Å². The van der Waals surface area contributed by atoms with Crippen LogP contribution in [0.5, 0.6) is 5.75 Å². The van der Waals surface area contributed by atoms with Gasteiger partial charge < -0.3 is 25.3 Å². The largest absolute Gasteiger partial charge is 0.491 e. The van der Waals surface area contributed by atoms with Gasteiger partial charge in [0.05, 0.1) is 18.2 Å². The molecule has 1 aliphatic heterocycles. The number of ether oxygens (including phenoxy) is 1. The summed E-state index contributed by atoms with van der Waals surface area (Å²) in [5, 5.41) is 7.42. The predicted molar refractivity (Wildman–Crippen MR) is 154 cm³/mol. The lowest BCUT2D eigenvalue weighted by Crippen LogP contribution is -2.46. The molecular formula is C30H37ClN4O4. The van der Waals surface area contributed by atoms with Crippen molar-refractivity contribution < 1.29 is 19.1 Å². The van der Waals surface area contributed by atoms with Crippen LogP contribution in [0.15, 0.2) is 36.4 Å². The van der Waals surface area contributed by atoms with Gasteiger partial charge in [-0.05, 0) is 81.0 Å². The van der Waals surface area contributed by atoms with E-state index in [1.165, 1.54) is 0 Å². The number of halogens is 1. The Labute approximate surface area is 234 Å². The Morgan fingerprint density at radius 1 is 1.13 bits per heavy atom. The summed E-state index contributed by atoms with van der Waals surface area (Å²) >= 11 is 6.16. The zero-order valence-electron chi connectivity index (χ0n) is 23.0. The van der Waals surface area contributed by atoms with Crippen LogP contribution < -0.4 is 15.4 Å². The average molecular weight is 553 g/mol. The van der Waals surface area contributed by atoms with Crippen molar-refractivity contribution in [3.63, 3.8) is 0 Å². The standard InChI is InChI=1S/C30H37ClN4O4/c1-18(2)13-23-17-39-27-10-8-22(31)15-25(27)29(37)32-11-5-6-12-35(16-28(36)34-23)30(38)21-7-9-26-24(14-21)19(3)20(4)33-26/h7-10,14-15,18,23,33H,5-6,11-13,16-17H2,1-4H3,(H,32,37)(H,34,36)/t23-/m1/s1. The fourth-order valence-corrected chi connectivity index (χ4v) is 5.11. The van der Waals surface area contributed by atoms with E-state index in [-0.39, 0.29) is 36.9 Å². The van der Waals surface area contributed by atoms with Gasteiger partial charge in [-0.2, -0.15) is 0 Å². The van der Waals surface area contributed by atoms with Gasteiger partial charge in [0, 0.05) is 40.3 Å². The highest BCUT2D eigenvalue weighted by Gasteiger charge is 2.23. The number of carbonyl (C=O) groups excluding carboxylic acids is 3. The van der Waals surface area contributed by atoms with E-state index in [4.69, 9.17) is 16.3 Å². The van der Waals surface area contributed by atoms with E-state index in [1.807, 2.05) is 26.0 Å². The summed E-state index contributed by atoms with van der Waals surface area (Å²) in [6.07, 6.45) is 1.94. The second-order valence-electron chi connectivity index (χ2n) is 10.7. The van der Waals surface area contributed by atoms with Crippen LogP contribution in [0.25, 0.3) is 10.9 Å². The van der Waals surface area contributed by atoms with Crippen molar-refractivity contribution in [1.29, 1.82) is 0 Å². The molecule has 3 N–H and O–H groups in total. The molecule has 0 saturated heterocycles. The molecule has 0 radical (unpaired) electrons. The number of amides is 3. The first-order valence-corrected chi connectivity index (χ1v) is 13.9. The van der Waals surface area contributed by atoms with E-state index in [1.54, 1.807) is 29.2 Å². The number of hydrogen-bond donors (Lipinski definition) is 3.